The number of aromatic nitrogens is 3. The zero-order valence-electron chi connectivity index (χ0n) is 18.2. The summed E-state index contributed by atoms with van der Waals surface area (Å²) in [6, 6.07) is 10.4. The molecule has 172 valence electrons. The highest BCUT2D eigenvalue weighted by atomic mass is 16.6. The van der Waals surface area contributed by atoms with Gasteiger partial charge in [-0.1, -0.05) is 5.21 Å². The van der Waals surface area contributed by atoms with Crippen molar-refractivity contribution in [3.05, 3.63) is 42.0 Å². The van der Waals surface area contributed by atoms with Gasteiger partial charge in [0.25, 0.3) is 5.91 Å². The lowest BCUT2D eigenvalue weighted by Crippen LogP contribution is -2.35. The maximum Gasteiger partial charge on any atom is 0.319 e. The Hall–Kier alpha value is -3.82. The van der Waals surface area contributed by atoms with Crippen LogP contribution in [-0.4, -0.2) is 64.7 Å². The number of nitrogens with one attached hydrogen (secondary N) is 2. The molecule has 2 N–H and O–H groups in total. The molecule has 0 saturated carbocycles. The van der Waals surface area contributed by atoms with Crippen molar-refractivity contribution in [1.82, 2.24) is 25.2 Å². The van der Waals surface area contributed by atoms with Gasteiger partial charge in [0, 0.05) is 37.0 Å². The van der Waals surface area contributed by atoms with E-state index in [9.17, 15) is 9.59 Å². The van der Waals surface area contributed by atoms with Gasteiger partial charge in [0.1, 0.15) is 18.7 Å². The van der Waals surface area contributed by atoms with Crippen molar-refractivity contribution >= 4 is 28.7 Å². The van der Waals surface area contributed by atoms with Gasteiger partial charge >= 0.3 is 6.03 Å². The second kappa shape index (κ2) is 9.35. The van der Waals surface area contributed by atoms with Gasteiger partial charge in [-0.25, -0.2) is 9.48 Å². The van der Waals surface area contributed by atoms with Gasteiger partial charge in [0.15, 0.2) is 11.5 Å². The Morgan fingerprint density at radius 1 is 0.970 bits per heavy atom. The van der Waals surface area contributed by atoms with Gasteiger partial charge in [-0.3, -0.25) is 4.79 Å². The molecule has 5 rings (SSSR count). The molecule has 2 aliphatic heterocycles. The maximum absolute atomic E-state index is 12.7. The molecule has 0 atom stereocenters. The smallest absolute Gasteiger partial charge is 0.319 e. The molecule has 3 amide bonds. The molecule has 1 aromatic heterocycles. The number of anilines is 1. The predicted octanol–water partition coefficient (Wildman–Crippen LogP) is 2.65. The number of likely N-dealkylation sites (tertiary alicyclic amines) is 1. The van der Waals surface area contributed by atoms with Crippen molar-refractivity contribution in [2.45, 2.75) is 25.8 Å². The number of piperidine rings is 1. The highest BCUT2D eigenvalue weighted by Gasteiger charge is 2.19. The third-order valence-corrected chi connectivity index (χ3v) is 5.81. The van der Waals surface area contributed by atoms with Gasteiger partial charge in [-0.15, -0.1) is 5.10 Å². The third kappa shape index (κ3) is 4.69. The van der Waals surface area contributed by atoms with Crippen LogP contribution in [0.5, 0.6) is 11.5 Å². The molecule has 0 radical (unpaired) electrons. The summed E-state index contributed by atoms with van der Waals surface area (Å²) in [4.78, 5) is 26.9. The second-order valence-corrected chi connectivity index (χ2v) is 8.11. The lowest BCUT2D eigenvalue weighted by atomic mass is 10.1. The van der Waals surface area contributed by atoms with Crippen LogP contribution in [0.2, 0.25) is 0 Å². The Morgan fingerprint density at radius 3 is 2.64 bits per heavy atom. The fraction of sp³-hybridized carbons (Fsp3) is 0.391. The van der Waals surface area contributed by atoms with Gasteiger partial charge < -0.3 is 25.0 Å². The van der Waals surface area contributed by atoms with E-state index in [4.69, 9.17) is 9.47 Å². The minimum Gasteiger partial charge on any atom is -0.486 e. The number of fused-ring (bicyclic) bond motifs is 2. The lowest BCUT2D eigenvalue weighted by molar-refractivity contribution is 0.0724. The van der Waals surface area contributed by atoms with E-state index >= 15 is 0 Å². The summed E-state index contributed by atoms with van der Waals surface area (Å²) in [7, 11) is 0. The van der Waals surface area contributed by atoms with E-state index in [1.54, 1.807) is 28.9 Å². The molecular formula is C23H26N6O4. The first kappa shape index (κ1) is 21.0. The predicted molar refractivity (Wildman–Crippen MR) is 122 cm³/mol. The van der Waals surface area contributed by atoms with Crippen molar-refractivity contribution in [1.29, 1.82) is 0 Å². The SMILES string of the molecule is O=C(NCCn1nnc2cc(C(=O)N3CCCCC3)ccc21)Nc1ccc2c(c1)OCCO2. The fourth-order valence-corrected chi connectivity index (χ4v) is 4.12. The first-order valence-electron chi connectivity index (χ1n) is 11.2. The van der Waals surface area contributed by atoms with Crippen molar-refractivity contribution in [3.63, 3.8) is 0 Å². The quantitative estimate of drug-likeness (QED) is 0.618. The van der Waals surface area contributed by atoms with Crippen LogP contribution in [0.15, 0.2) is 36.4 Å². The molecule has 2 aromatic carbocycles. The van der Waals surface area contributed by atoms with E-state index in [1.807, 2.05) is 17.0 Å². The molecule has 1 saturated heterocycles. The molecule has 3 heterocycles. The molecular weight excluding hydrogens is 424 g/mol. The highest BCUT2D eigenvalue weighted by Crippen LogP contribution is 2.32. The Balaban J connectivity index is 1.16. The number of benzene rings is 2. The minimum atomic E-state index is -0.328. The zero-order chi connectivity index (χ0) is 22.6. The van der Waals surface area contributed by atoms with Crippen LogP contribution in [0.3, 0.4) is 0 Å². The summed E-state index contributed by atoms with van der Waals surface area (Å²) in [6.45, 7) is 3.44. The summed E-state index contributed by atoms with van der Waals surface area (Å²) in [6.07, 6.45) is 3.29. The van der Waals surface area contributed by atoms with Crippen LogP contribution >= 0.6 is 0 Å². The molecule has 10 heteroatoms. The number of rotatable bonds is 5. The van der Waals surface area contributed by atoms with E-state index in [0.29, 0.717) is 54.6 Å². The normalized spacial score (nSPS) is 15.3. The number of nitrogens with zero attached hydrogens (tertiary/aromatic N) is 4. The Bertz CT molecular complexity index is 1170. The molecule has 10 nitrogen and oxygen atoms in total. The molecule has 1 fully saturated rings. The summed E-state index contributed by atoms with van der Waals surface area (Å²) in [5.41, 5.74) is 2.74. The van der Waals surface area contributed by atoms with Gasteiger partial charge in [0.05, 0.1) is 12.1 Å². The number of hydrogen-bond donors (Lipinski definition) is 2. The number of ether oxygens (including phenoxy) is 2. The zero-order valence-corrected chi connectivity index (χ0v) is 18.2. The first-order valence-corrected chi connectivity index (χ1v) is 11.2. The highest BCUT2D eigenvalue weighted by molar-refractivity contribution is 5.97. The molecule has 0 spiro atoms. The standard InChI is InChI=1S/C23H26N6O4/c30-22(28-9-2-1-3-10-28)16-4-6-19-18(14-16)26-27-29(19)11-8-24-23(31)25-17-5-7-20-21(15-17)33-13-12-32-20/h4-7,14-15H,1-3,8-13H2,(H2,24,25,31). The third-order valence-electron chi connectivity index (χ3n) is 5.81. The van der Waals surface area contributed by atoms with Gasteiger partial charge in [-0.2, -0.15) is 0 Å². The van der Waals surface area contributed by atoms with E-state index in [2.05, 4.69) is 20.9 Å². The topological polar surface area (TPSA) is 111 Å². The van der Waals surface area contributed by atoms with Crippen LogP contribution in [0.4, 0.5) is 10.5 Å². The molecule has 0 unspecified atom stereocenters. The number of amides is 3. The van der Waals surface area contributed by atoms with E-state index in [1.165, 1.54) is 6.42 Å². The molecule has 2 aliphatic rings. The summed E-state index contributed by atoms with van der Waals surface area (Å²) in [5, 5.41) is 14.0. The van der Waals surface area contributed by atoms with Gasteiger partial charge in [0.2, 0.25) is 0 Å². The fourth-order valence-electron chi connectivity index (χ4n) is 4.12. The number of carbonyl (C=O) groups excluding carboxylic acids is 2. The molecule has 33 heavy (non-hydrogen) atoms. The summed E-state index contributed by atoms with van der Waals surface area (Å²) < 4.78 is 12.7. The minimum absolute atomic E-state index is 0.0450. The van der Waals surface area contributed by atoms with Crippen molar-refractivity contribution in [2.75, 3.05) is 38.2 Å². The van der Waals surface area contributed by atoms with Crippen molar-refractivity contribution in [3.8, 4) is 11.5 Å². The Morgan fingerprint density at radius 2 is 1.79 bits per heavy atom. The lowest BCUT2D eigenvalue weighted by Gasteiger charge is -2.26. The van der Waals surface area contributed by atoms with Crippen LogP contribution in [0, 0.1) is 0 Å². The van der Waals surface area contributed by atoms with E-state index in [-0.39, 0.29) is 11.9 Å². The van der Waals surface area contributed by atoms with Crippen LogP contribution < -0.4 is 20.1 Å². The largest absolute Gasteiger partial charge is 0.486 e. The van der Waals surface area contributed by atoms with Crippen LogP contribution in [0.25, 0.3) is 11.0 Å². The van der Waals surface area contributed by atoms with Crippen LogP contribution in [0.1, 0.15) is 29.6 Å². The molecule has 0 aliphatic carbocycles. The second-order valence-electron chi connectivity index (χ2n) is 8.11. The van der Waals surface area contributed by atoms with Crippen molar-refractivity contribution < 1.29 is 19.1 Å². The maximum atomic E-state index is 12.7. The van der Waals surface area contributed by atoms with E-state index < -0.39 is 0 Å². The Kier molecular flexibility index (Phi) is 5.97. The Labute approximate surface area is 190 Å². The molecule has 0 bridgehead atoms. The van der Waals surface area contributed by atoms with Crippen LogP contribution in [-0.2, 0) is 6.54 Å². The number of carbonyl (C=O) groups is 2. The van der Waals surface area contributed by atoms with E-state index in [0.717, 1.165) is 31.4 Å². The number of urea groups is 1. The summed E-state index contributed by atoms with van der Waals surface area (Å²) >= 11 is 0. The average molecular weight is 450 g/mol. The monoisotopic (exact) mass is 450 g/mol. The number of hydrogen-bond acceptors (Lipinski definition) is 6. The summed E-state index contributed by atoms with van der Waals surface area (Å²) in [5.74, 6) is 1.33. The van der Waals surface area contributed by atoms with Crippen molar-refractivity contribution in [2.24, 2.45) is 0 Å². The first-order chi connectivity index (χ1) is 16.2. The van der Waals surface area contributed by atoms with Gasteiger partial charge in [-0.05, 0) is 49.6 Å². The molecule has 3 aromatic rings. The average Bonchev–Trinajstić information content (AvgIpc) is 3.26.